The van der Waals surface area contributed by atoms with Gasteiger partial charge in [-0.25, -0.2) is 0 Å². The molecule has 98 valence electrons. The Labute approximate surface area is 121 Å². The summed E-state index contributed by atoms with van der Waals surface area (Å²) in [6.07, 6.45) is 0.909. The summed E-state index contributed by atoms with van der Waals surface area (Å²) in [7, 11) is 0. The van der Waals surface area contributed by atoms with Crippen molar-refractivity contribution in [3.05, 3.63) is 64.4 Å². The summed E-state index contributed by atoms with van der Waals surface area (Å²) in [5, 5.41) is 13.2. The van der Waals surface area contributed by atoms with Crippen LogP contribution in [0.4, 0.5) is 0 Å². The third kappa shape index (κ3) is 2.52. The average Bonchev–Trinajstić information content (AvgIpc) is 3.01. The second-order valence-corrected chi connectivity index (χ2v) is 5.48. The lowest BCUT2D eigenvalue weighted by molar-refractivity contribution is 0.327. The fourth-order valence-corrected chi connectivity index (χ4v) is 2.90. The van der Waals surface area contributed by atoms with E-state index >= 15 is 0 Å². The van der Waals surface area contributed by atoms with Gasteiger partial charge in [0.05, 0.1) is 18.2 Å². The number of ether oxygens (including phenoxy) is 1. The van der Waals surface area contributed by atoms with Gasteiger partial charge in [0.15, 0.2) is 0 Å². The molecule has 3 rings (SSSR count). The number of hydrogen-bond donors (Lipinski definition) is 0. The van der Waals surface area contributed by atoms with E-state index in [9.17, 15) is 0 Å². The molecule has 0 bridgehead atoms. The average molecular weight is 279 g/mol. The maximum Gasteiger partial charge on any atom is 0.127 e. The Kier molecular flexibility index (Phi) is 3.67. The van der Waals surface area contributed by atoms with Crippen molar-refractivity contribution < 1.29 is 4.74 Å². The molecule has 0 saturated heterocycles. The molecule has 2 aromatic carbocycles. The quantitative estimate of drug-likeness (QED) is 0.709. The zero-order valence-corrected chi connectivity index (χ0v) is 11.7. The molecule has 20 heavy (non-hydrogen) atoms. The third-order valence-corrected chi connectivity index (χ3v) is 4.13. The predicted molar refractivity (Wildman–Crippen MR) is 82.2 cm³/mol. The van der Waals surface area contributed by atoms with Crippen LogP contribution in [-0.4, -0.2) is 6.61 Å². The highest BCUT2D eigenvalue weighted by Gasteiger charge is 2.06. The van der Waals surface area contributed by atoms with E-state index in [1.165, 1.54) is 4.88 Å². The van der Waals surface area contributed by atoms with Gasteiger partial charge in [0.1, 0.15) is 5.75 Å². The van der Waals surface area contributed by atoms with Crippen molar-refractivity contribution in [2.24, 2.45) is 0 Å². The Morgan fingerprint density at radius 2 is 1.85 bits per heavy atom. The molecule has 3 aromatic rings. The summed E-state index contributed by atoms with van der Waals surface area (Å²) in [6, 6.07) is 18.0. The van der Waals surface area contributed by atoms with E-state index < -0.39 is 0 Å². The van der Waals surface area contributed by atoms with Crippen LogP contribution in [0.2, 0.25) is 0 Å². The first kappa shape index (κ1) is 12.7. The Hall–Kier alpha value is -2.31. The molecule has 0 aliphatic carbocycles. The zero-order valence-electron chi connectivity index (χ0n) is 10.9. The minimum Gasteiger partial charge on any atom is -0.493 e. The fourth-order valence-electron chi connectivity index (χ4n) is 2.21. The van der Waals surface area contributed by atoms with Crippen molar-refractivity contribution in [2.75, 3.05) is 6.61 Å². The molecule has 0 saturated carbocycles. The van der Waals surface area contributed by atoms with Crippen molar-refractivity contribution in [3.8, 4) is 11.8 Å². The maximum absolute atomic E-state index is 9.14. The lowest BCUT2D eigenvalue weighted by Crippen LogP contribution is -2.00. The SMILES string of the molecule is N#Cc1ccc(OCCc2cccs2)c2ccccc12. The van der Waals surface area contributed by atoms with Gasteiger partial charge < -0.3 is 4.74 Å². The molecule has 2 nitrogen and oxygen atoms in total. The molecule has 0 aliphatic heterocycles. The number of rotatable bonds is 4. The summed E-state index contributed by atoms with van der Waals surface area (Å²) >= 11 is 1.74. The van der Waals surface area contributed by atoms with E-state index in [2.05, 4.69) is 23.6 Å². The van der Waals surface area contributed by atoms with Crippen LogP contribution in [0.3, 0.4) is 0 Å². The summed E-state index contributed by atoms with van der Waals surface area (Å²) in [5.74, 6) is 0.844. The zero-order chi connectivity index (χ0) is 13.8. The predicted octanol–water partition coefficient (Wildman–Crippen LogP) is 4.39. The van der Waals surface area contributed by atoms with Crippen molar-refractivity contribution in [1.82, 2.24) is 0 Å². The monoisotopic (exact) mass is 279 g/mol. The van der Waals surface area contributed by atoms with Crippen LogP contribution in [0.1, 0.15) is 10.4 Å². The number of nitriles is 1. The molecule has 0 amide bonds. The van der Waals surface area contributed by atoms with Crippen molar-refractivity contribution in [3.63, 3.8) is 0 Å². The van der Waals surface area contributed by atoms with E-state index in [0.717, 1.165) is 22.9 Å². The highest BCUT2D eigenvalue weighted by atomic mass is 32.1. The molecule has 1 heterocycles. The Bertz CT molecular complexity index is 756. The molecular formula is C17H13NOS. The largest absolute Gasteiger partial charge is 0.493 e. The van der Waals surface area contributed by atoms with Crippen LogP contribution in [0, 0.1) is 11.3 Å². The summed E-state index contributed by atoms with van der Waals surface area (Å²) in [4.78, 5) is 1.32. The maximum atomic E-state index is 9.14. The first-order valence-electron chi connectivity index (χ1n) is 6.45. The molecular weight excluding hydrogens is 266 g/mol. The minimum atomic E-state index is 0.649. The number of nitrogens with zero attached hydrogens (tertiary/aromatic N) is 1. The van der Waals surface area contributed by atoms with Crippen LogP contribution in [-0.2, 0) is 6.42 Å². The van der Waals surface area contributed by atoms with Gasteiger partial charge in [0, 0.05) is 22.1 Å². The third-order valence-electron chi connectivity index (χ3n) is 3.19. The van der Waals surface area contributed by atoms with Gasteiger partial charge in [0.2, 0.25) is 0 Å². The van der Waals surface area contributed by atoms with Crippen LogP contribution in [0.5, 0.6) is 5.75 Å². The van der Waals surface area contributed by atoms with E-state index in [-0.39, 0.29) is 0 Å². The van der Waals surface area contributed by atoms with Gasteiger partial charge >= 0.3 is 0 Å². The lowest BCUT2D eigenvalue weighted by Gasteiger charge is -2.09. The second-order valence-electron chi connectivity index (χ2n) is 4.45. The topological polar surface area (TPSA) is 33.0 Å². The van der Waals surface area contributed by atoms with Crippen molar-refractivity contribution >= 4 is 22.1 Å². The molecule has 0 atom stereocenters. The summed E-state index contributed by atoms with van der Waals surface area (Å²) in [6.45, 7) is 0.649. The molecule has 0 radical (unpaired) electrons. The van der Waals surface area contributed by atoms with Gasteiger partial charge in [-0.3, -0.25) is 0 Å². The van der Waals surface area contributed by atoms with Gasteiger partial charge in [-0.05, 0) is 23.6 Å². The molecule has 0 spiro atoms. The standard InChI is InChI=1S/C17H13NOS/c18-12-13-7-8-17(16-6-2-1-5-15(13)16)19-10-9-14-4-3-11-20-14/h1-8,11H,9-10H2. The highest BCUT2D eigenvalue weighted by molar-refractivity contribution is 7.09. The van der Waals surface area contributed by atoms with E-state index in [4.69, 9.17) is 10.00 Å². The van der Waals surface area contributed by atoms with E-state index in [0.29, 0.717) is 12.2 Å². The van der Waals surface area contributed by atoms with Gasteiger partial charge in [0.25, 0.3) is 0 Å². The minimum absolute atomic E-state index is 0.649. The Morgan fingerprint density at radius 1 is 1.00 bits per heavy atom. The van der Waals surface area contributed by atoms with Crippen molar-refractivity contribution in [1.29, 1.82) is 5.26 Å². The Morgan fingerprint density at radius 3 is 2.60 bits per heavy atom. The van der Waals surface area contributed by atoms with Crippen LogP contribution in [0.25, 0.3) is 10.8 Å². The summed E-state index contributed by atoms with van der Waals surface area (Å²) in [5.41, 5.74) is 0.686. The van der Waals surface area contributed by atoms with Crippen molar-refractivity contribution in [2.45, 2.75) is 6.42 Å². The molecule has 1 aromatic heterocycles. The first-order valence-corrected chi connectivity index (χ1v) is 7.33. The summed E-state index contributed by atoms with van der Waals surface area (Å²) < 4.78 is 5.89. The molecule has 0 fully saturated rings. The lowest BCUT2D eigenvalue weighted by atomic mass is 10.0. The fraction of sp³-hybridized carbons (Fsp3) is 0.118. The number of hydrogen-bond acceptors (Lipinski definition) is 3. The van der Waals surface area contributed by atoms with E-state index in [1.807, 2.05) is 36.4 Å². The second kappa shape index (κ2) is 5.77. The van der Waals surface area contributed by atoms with Crippen LogP contribution < -0.4 is 4.74 Å². The smallest absolute Gasteiger partial charge is 0.127 e. The number of thiophene rings is 1. The normalized spacial score (nSPS) is 10.3. The molecule has 0 N–H and O–H groups in total. The highest BCUT2D eigenvalue weighted by Crippen LogP contribution is 2.28. The molecule has 0 aliphatic rings. The van der Waals surface area contributed by atoms with Crippen LogP contribution in [0.15, 0.2) is 53.9 Å². The number of fused-ring (bicyclic) bond motifs is 1. The van der Waals surface area contributed by atoms with Crippen LogP contribution >= 0.6 is 11.3 Å². The van der Waals surface area contributed by atoms with E-state index in [1.54, 1.807) is 11.3 Å². The Balaban J connectivity index is 1.83. The van der Waals surface area contributed by atoms with Gasteiger partial charge in [-0.1, -0.05) is 30.3 Å². The number of benzene rings is 2. The molecule has 0 unspecified atom stereocenters. The van der Waals surface area contributed by atoms with Gasteiger partial charge in [-0.2, -0.15) is 5.26 Å². The first-order chi connectivity index (χ1) is 9.88. The molecule has 3 heteroatoms. The van der Waals surface area contributed by atoms with Gasteiger partial charge in [-0.15, -0.1) is 11.3 Å².